The maximum Gasteiger partial charge on any atom is 0.276 e. The van der Waals surface area contributed by atoms with Gasteiger partial charge in [-0.2, -0.15) is 5.10 Å². The van der Waals surface area contributed by atoms with E-state index in [2.05, 4.69) is 31.8 Å². The van der Waals surface area contributed by atoms with Crippen LogP contribution in [0.4, 0.5) is 17.3 Å². The molecule has 1 atom stereocenters. The van der Waals surface area contributed by atoms with Crippen molar-refractivity contribution in [3.8, 4) is 11.1 Å². The van der Waals surface area contributed by atoms with E-state index in [1.54, 1.807) is 6.20 Å². The van der Waals surface area contributed by atoms with Crippen LogP contribution >= 0.6 is 0 Å². The highest BCUT2D eigenvalue weighted by Gasteiger charge is 2.25. The van der Waals surface area contributed by atoms with Gasteiger partial charge in [-0.05, 0) is 85.2 Å². The van der Waals surface area contributed by atoms with E-state index in [0.29, 0.717) is 36.3 Å². The summed E-state index contributed by atoms with van der Waals surface area (Å²) in [7, 11) is 0. The van der Waals surface area contributed by atoms with Crippen LogP contribution in [0.3, 0.4) is 0 Å². The minimum atomic E-state index is -0.275. The van der Waals surface area contributed by atoms with Crippen LogP contribution in [0.5, 0.6) is 0 Å². The van der Waals surface area contributed by atoms with Crippen molar-refractivity contribution in [1.82, 2.24) is 15.2 Å². The SMILES string of the molecule is Cc1ccc(NC(=O)c2cc(C3CC3)cnn2)cc1-c1cc(N[C@H](C)CO)nc(N2CCOCC2)c1. The van der Waals surface area contributed by atoms with E-state index in [0.717, 1.165) is 54.0 Å². The fraction of sp³-hybridized carbons (Fsp3) is 0.407. The van der Waals surface area contributed by atoms with Crippen LogP contribution in [0.15, 0.2) is 42.6 Å². The molecule has 5 rings (SSSR count). The average Bonchev–Trinajstić information content (AvgIpc) is 3.76. The van der Waals surface area contributed by atoms with E-state index < -0.39 is 0 Å². The molecular formula is C27H32N6O3. The molecule has 3 N–H and O–H groups in total. The van der Waals surface area contributed by atoms with Gasteiger partial charge in [-0.15, -0.1) is 5.10 Å². The zero-order valence-corrected chi connectivity index (χ0v) is 20.7. The average molecular weight is 489 g/mol. The summed E-state index contributed by atoms with van der Waals surface area (Å²) in [4.78, 5) is 19.9. The Labute approximate surface area is 210 Å². The van der Waals surface area contributed by atoms with Crippen LogP contribution in [-0.2, 0) is 4.74 Å². The van der Waals surface area contributed by atoms with E-state index >= 15 is 0 Å². The lowest BCUT2D eigenvalue weighted by molar-refractivity contribution is 0.102. The molecule has 36 heavy (non-hydrogen) atoms. The van der Waals surface area contributed by atoms with Crippen LogP contribution in [0.25, 0.3) is 11.1 Å². The van der Waals surface area contributed by atoms with Gasteiger partial charge in [0.15, 0.2) is 5.69 Å². The number of carbonyl (C=O) groups excluding carboxylic acids is 1. The number of hydrogen-bond acceptors (Lipinski definition) is 8. The number of nitrogens with zero attached hydrogens (tertiary/aromatic N) is 4. The molecule has 9 heteroatoms. The summed E-state index contributed by atoms with van der Waals surface area (Å²) >= 11 is 0. The van der Waals surface area contributed by atoms with E-state index in [1.807, 2.05) is 44.2 Å². The molecule has 1 saturated heterocycles. The summed E-state index contributed by atoms with van der Waals surface area (Å²) < 4.78 is 5.51. The van der Waals surface area contributed by atoms with Crippen molar-refractivity contribution < 1.29 is 14.6 Å². The summed E-state index contributed by atoms with van der Waals surface area (Å²) in [5, 5.41) is 23.9. The van der Waals surface area contributed by atoms with Crippen LogP contribution in [-0.4, -0.2) is 65.1 Å². The van der Waals surface area contributed by atoms with Gasteiger partial charge in [0.1, 0.15) is 11.6 Å². The van der Waals surface area contributed by atoms with Gasteiger partial charge >= 0.3 is 0 Å². The van der Waals surface area contributed by atoms with Crippen LogP contribution in [0.1, 0.15) is 47.3 Å². The van der Waals surface area contributed by atoms with Gasteiger partial charge in [-0.3, -0.25) is 4.79 Å². The molecule has 0 spiro atoms. The number of benzene rings is 1. The molecule has 2 aliphatic rings. The number of aryl methyl sites for hydroxylation is 1. The molecule has 2 aromatic heterocycles. The lowest BCUT2D eigenvalue weighted by Gasteiger charge is -2.29. The third-order valence-corrected chi connectivity index (χ3v) is 6.58. The second kappa shape index (κ2) is 10.6. The molecule has 1 aliphatic carbocycles. The van der Waals surface area contributed by atoms with Crippen molar-refractivity contribution in [2.45, 2.75) is 38.6 Å². The Morgan fingerprint density at radius 1 is 1.19 bits per heavy atom. The number of amides is 1. The third kappa shape index (κ3) is 5.63. The minimum absolute atomic E-state index is 0.00415. The molecule has 1 aromatic carbocycles. The predicted molar refractivity (Wildman–Crippen MR) is 140 cm³/mol. The summed E-state index contributed by atoms with van der Waals surface area (Å²) in [6, 6.07) is 11.6. The topological polar surface area (TPSA) is 112 Å². The van der Waals surface area contributed by atoms with E-state index in [1.165, 1.54) is 0 Å². The zero-order chi connectivity index (χ0) is 25.1. The predicted octanol–water partition coefficient (Wildman–Crippen LogP) is 3.61. The van der Waals surface area contributed by atoms with Gasteiger partial charge in [0, 0.05) is 24.8 Å². The van der Waals surface area contributed by atoms with Crippen molar-refractivity contribution in [3.63, 3.8) is 0 Å². The number of aliphatic hydroxyl groups is 1. The quantitative estimate of drug-likeness (QED) is 0.441. The Hall–Kier alpha value is -3.56. The van der Waals surface area contributed by atoms with Crippen LogP contribution in [0.2, 0.25) is 0 Å². The van der Waals surface area contributed by atoms with E-state index in [-0.39, 0.29) is 18.6 Å². The van der Waals surface area contributed by atoms with Gasteiger partial charge in [0.2, 0.25) is 0 Å². The molecule has 0 radical (unpaired) electrons. The number of pyridine rings is 1. The fourth-order valence-corrected chi connectivity index (χ4v) is 4.34. The van der Waals surface area contributed by atoms with Gasteiger partial charge in [-0.25, -0.2) is 4.98 Å². The Morgan fingerprint density at radius 3 is 2.75 bits per heavy atom. The second-order valence-corrected chi connectivity index (χ2v) is 9.56. The maximum atomic E-state index is 12.9. The molecule has 3 heterocycles. The highest BCUT2D eigenvalue weighted by Crippen LogP contribution is 2.39. The maximum absolute atomic E-state index is 12.9. The number of morpholine rings is 1. The summed E-state index contributed by atoms with van der Waals surface area (Å²) in [6.45, 7) is 6.81. The zero-order valence-electron chi connectivity index (χ0n) is 20.7. The van der Waals surface area contributed by atoms with Gasteiger partial charge in [-0.1, -0.05) is 6.07 Å². The number of rotatable bonds is 8. The first-order valence-electron chi connectivity index (χ1n) is 12.5. The molecule has 1 aliphatic heterocycles. The normalized spacial score (nSPS) is 16.5. The molecular weight excluding hydrogens is 456 g/mol. The molecule has 188 valence electrons. The van der Waals surface area contributed by atoms with Crippen molar-refractivity contribution in [2.24, 2.45) is 0 Å². The van der Waals surface area contributed by atoms with Crippen molar-refractivity contribution in [1.29, 1.82) is 0 Å². The largest absolute Gasteiger partial charge is 0.394 e. The van der Waals surface area contributed by atoms with E-state index in [4.69, 9.17) is 9.72 Å². The van der Waals surface area contributed by atoms with Crippen molar-refractivity contribution in [2.75, 3.05) is 48.4 Å². The van der Waals surface area contributed by atoms with Crippen molar-refractivity contribution in [3.05, 3.63) is 59.4 Å². The molecule has 3 aromatic rings. The van der Waals surface area contributed by atoms with Gasteiger partial charge in [0.25, 0.3) is 5.91 Å². The van der Waals surface area contributed by atoms with Crippen LogP contribution < -0.4 is 15.5 Å². The molecule has 9 nitrogen and oxygen atoms in total. The minimum Gasteiger partial charge on any atom is -0.394 e. The fourth-order valence-electron chi connectivity index (χ4n) is 4.34. The lowest BCUT2D eigenvalue weighted by Crippen LogP contribution is -2.37. The van der Waals surface area contributed by atoms with Crippen molar-refractivity contribution >= 4 is 23.2 Å². The molecule has 0 unspecified atom stereocenters. The number of ether oxygens (including phenoxy) is 1. The lowest BCUT2D eigenvalue weighted by atomic mass is 10.00. The molecule has 1 amide bonds. The number of carbonyl (C=O) groups is 1. The number of nitrogens with one attached hydrogen (secondary N) is 2. The summed E-state index contributed by atoms with van der Waals surface area (Å²) in [5.41, 5.74) is 5.12. The highest BCUT2D eigenvalue weighted by atomic mass is 16.5. The van der Waals surface area contributed by atoms with E-state index in [9.17, 15) is 9.90 Å². The van der Waals surface area contributed by atoms with Gasteiger partial charge in [0.05, 0.1) is 26.0 Å². The second-order valence-electron chi connectivity index (χ2n) is 9.56. The molecule has 2 fully saturated rings. The summed E-state index contributed by atoms with van der Waals surface area (Å²) in [5.74, 6) is 1.77. The molecule has 0 bridgehead atoms. The number of aliphatic hydroxyl groups excluding tert-OH is 1. The molecule has 1 saturated carbocycles. The highest BCUT2D eigenvalue weighted by molar-refractivity contribution is 6.03. The first-order chi connectivity index (χ1) is 17.5. The third-order valence-electron chi connectivity index (χ3n) is 6.58. The smallest absolute Gasteiger partial charge is 0.276 e. The van der Waals surface area contributed by atoms with Gasteiger partial charge < -0.3 is 25.4 Å². The first kappa shape index (κ1) is 24.1. The number of hydrogen-bond donors (Lipinski definition) is 3. The Balaban J connectivity index is 1.44. The standard InChI is InChI=1S/C27H32N6O3/c1-17-3-6-22(30-27(35)24-11-21(15-28-32-24)19-4-5-19)14-23(17)20-12-25(29-18(2)16-34)31-26(13-20)33-7-9-36-10-8-33/h3,6,11-15,18-19,34H,4-5,7-10,16H2,1-2H3,(H,29,31)(H,30,35)/t18-/m1/s1. The number of aromatic nitrogens is 3. The monoisotopic (exact) mass is 488 g/mol. The van der Waals surface area contributed by atoms with Crippen LogP contribution in [0, 0.1) is 6.92 Å². The first-order valence-corrected chi connectivity index (χ1v) is 12.5. The Kier molecular flexibility index (Phi) is 7.11. The Bertz CT molecular complexity index is 1240. The summed E-state index contributed by atoms with van der Waals surface area (Å²) in [6.07, 6.45) is 4.03. The number of anilines is 3. The Morgan fingerprint density at radius 2 is 2.00 bits per heavy atom.